The molecule has 7 N–H and O–H groups in total. The van der Waals surface area contributed by atoms with Gasteiger partial charge in [-0.1, -0.05) is 91.2 Å². The molecule has 2 aliphatic rings. The maximum atomic E-state index is 12.8. The zero-order valence-electron chi connectivity index (χ0n) is 39.9. The number of hydrogen-bond donors (Lipinski definition) is 6. The molecule has 5 amide bonds. The number of nitrogens with two attached hydrogens (primary N) is 1. The van der Waals surface area contributed by atoms with Gasteiger partial charge in [0.25, 0.3) is 23.6 Å². The molecular formula is C52H69ClN8O6. The van der Waals surface area contributed by atoms with E-state index in [1.54, 1.807) is 60.7 Å². The van der Waals surface area contributed by atoms with Crippen LogP contribution in [0.5, 0.6) is 0 Å². The molecule has 0 spiro atoms. The first kappa shape index (κ1) is 53.5. The number of anilines is 4. The van der Waals surface area contributed by atoms with Crippen LogP contribution in [0.1, 0.15) is 157 Å². The number of nitrogen functional groups attached to an aromatic ring is 1. The largest absolute Gasteiger partial charge is 0.384 e. The quantitative estimate of drug-likeness (QED) is 0.0555. The lowest BCUT2D eigenvalue weighted by Crippen LogP contribution is -2.26. The van der Waals surface area contributed by atoms with Gasteiger partial charge in [0, 0.05) is 48.2 Å². The average Bonchev–Trinajstić information content (AvgIpc) is 4.00. The minimum Gasteiger partial charge on any atom is -0.384 e. The smallest absolute Gasteiger partial charge is 0.255 e. The molecule has 2 aliphatic carbocycles. The first-order valence-corrected chi connectivity index (χ1v) is 23.9. The van der Waals surface area contributed by atoms with Crippen LogP contribution in [0.4, 0.5) is 23.0 Å². The number of hydrogen-bond acceptors (Lipinski definition) is 9. The number of pyridine rings is 2. The summed E-state index contributed by atoms with van der Waals surface area (Å²) in [6, 6.07) is 17.0. The Hall–Kier alpha value is -6.15. The molecule has 0 radical (unpaired) electrons. The van der Waals surface area contributed by atoms with Gasteiger partial charge in [0.1, 0.15) is 11.6 Å². The summed E-state index contributed by atoms with van der Waals surface area (Å²) in [5, 5.41) is 14.0. The fourth-order valence-corrected chi connectivity index (χ4v) is 8.21. The second kappa shape index (κ2) is 27.5. The normalized spacial score (nSPS) is 13.4. The number of halogens is 1. The van der Waals surface area contributed by atoms with E-state index in [9.17, 15) is 28.8 Å². The van der Waals surface area contributed by atoms with Gasteiger partial charge in [-0.2, -0.15) is 0 Å². The Bertz CT molecular complexity index is 2270. The van der Waals surface area contributed by atoms with E-state index in [0.717, 1.165) is 29.9 Å². The number of carbonyl (C=O) groups excluding carboxylic acids is 6. The molecule has 2 heterocycles. The van der Waals surface area contributed by atoms with E-state index in [0.29, 0.717) is 83.0 Å². The fourth-order valence-electron chi connectivity index (χ4n) is 7.90. The van der Waals surface area contributed by atoms with Crippen molar-refractivity contribution >= 4 is 69.4 Å². The molecule has 0 saturated heterocycles. The van der Waals surface area contributed by atoms with Crippen LogP contribution >= 0.6 is 11.6 Å². The minimum absolute atomic E-state index is 0.0942. The van der Waals surface area contributed by atoms with Crippen molar-refractivity contribution < 1.29 is 28.8 Å². The van der Waals surface area contributed by atoms with Gasteiger partial charge in [0.05, 0.1) is 23.8 Å². The molecule has 2 saturated carbocycles. The third-order valence-corrected chi connectivity index (χ3v) is 11.8. The lowest BCUT2D eigenvalue weighted by atomic mass is 10.0. The Labute approximate surface area is 400 Å². The lowest BCUT2D eigenvalue weighted by molar-refractivity contribution is -0.117. The number of aryl methyl sites for hydroxylation is 2. The molecular weight excluding hydrogens is 868 g/mol. The van der Waals surface area contributed by atoms with E-state index in [-0.39, 0.29) is 40.7 Å². The van der Waals surface area contributed by atoms with Crippen molar-refractivity contribution in [1.82, 2.24) is 20.6 Å². The number of aromatic nitrogens is 2. The molecule has 0 bridgehead atoms. The molecule has 4 aromatic rings. The van der Waals surface area contributed by atoms with Crippen LogP contribution in [0.25, 0.3) is 0 Å². The van der Waals surface area contributed by atoms with Crippen molar-refractivity contribution in [3.8, 4) is 0 Å². The van der Waals surface area contributed by atoms with E-state index in [2.05, 4.69) is 36.6 Å². The Balaban J connectivity index is 0.000000260. The van der Waals surface area contributed by atoms with E-state index >= 15 is 0 Å². The molecule has 360 valence electrons. The molecule has 6 rings (SSSR count). The molecule has 2 aromatic carbocycles. The summed E-state index contributed by atoms with van der Waals surface area (Å²) in [5.74, 6) is 1.94. The van der Waals surface area contributed by atoms with Crippen LogP contribution < -0.4 is 32.3 Å². The standard InChI is InChI=1S/C26H34N4O3.C21H26N4O2.C5H9ClO/c1-17(2)14-24(31)30-23-11-10-21(16-28-23)29-26(33)22-15-20(9-8-18(22)3)25(32)27-13-12-19-6-4-5-7-19;1-14-6-7-16(20(26)23-11-10-15-4-2-3-5-15)12-18(14)21(27)25-17-8-9-19(22)24-13-17;1-4(2)3-5(6)7/h8-11,15-17,19H,4-7,12-14H2,1-3H3,(H,27,32)(H,29,33)(H,28,30,31);6-9,12-13,15H,2-5,10-11H2,1H3,(H2,22,24)(H,23,26)(H,25,27);4H,3H2,1-2H3. The number of amides is 5. The van der Waals surface area contributed by atoms with Crippen LogP contribution in [-0.4, -0.2) is 57.8 Å². The van der Waals surface area contributed by atoms with E-state index in [1.165, 1.54) is 63.8 Å². The Morgan fingerprint density at radius 1 is 0.597 bits per heavy atom. The third kappa shape index (κ3) is 19.3. The van der Waals surface area contributed by atoms with Crippen molar-refractivity contribution in [3.05, 3.63) is 106 Å². The molecule has 0 unspecified atom stereocenters. The van der Waals surface area contributed by atoms with Gasteiger partial charge < -0.3 is 32.3 Å². The van der Waals surface area contributed by atoms with Gasteiger partial charge in [-0.3, -0.25) is 28.8 Å². The van der Waals surface area contributed by atoms with Crippen molar-refractivity contribution in [2.24, 2.45) is 23.7 Å². The Kier molecular flexibility index (Phi) is 21.9. The van der Waals surface area contributed by atoms with Gasteiger partial charge in [-0.05, 0) is 122 Å². The van der Waals surface area contributed by atoms with E-state index < -0.39 is 0 Å². The summed E-state index contributed by atoms with van der Waals surface area (Å²) in [4.78, 5) is 80.5. The number of nitrogens with zero attached hydrogens (tertiary/aromatic N) is 2. The maximum absolute atomic E-state index is 12.8. The number of nitrogens with one attached hydrogen (secondary N) is 5. The van der Waals surface area contributed by atoms with Crippen LogP contribution in [-0.2, 0) is 9.59 Å². The topological polar surface area (TPSA) is 214 Å². The summed E-state index contributed by atoms with van der Waals surface area (Å²) in [7, 11) is 0. The molecule has 0 aliphatic heterocycles. The highest BCUT2D eigenvalue weighted by molar-refractivity contribution is 6.63. The van der Waals surface area contributed by atoms with Gasteiger partial charge in [0.2, 0.25) is 11.1 Å². The van der Waals surface area contributed by atoms with Crippen molar-refractivity contribution in [2.45, 2.75) is 119 Å². The Morgan fingerprint density at radius 2 is 1.04 bits per heavy atom. The first-order chi connectivity index (χ1) is 32.0. The molecule has 2 aromatic heterocycles. The molecule has 2 fully saturated rings. The predicted molar refractivity (Wildman–Crippen MR) is 267 cm³/mol. The summed E-state index contributed by atoms with van der Waals surface area (Å²) in [5.41, 5.74) is 10.1. The van der Waals surface area contributed by atoms with Crippen LogP contribution in [0.2, 0.25) is 0 Å². The summed E-state index contributed by atoms with van der Waals surface area (Å²) >= 11 is 5.03. The molecule has 14 nitrogen and oxygen atoms in total. The van der Waals surface area contributed by atoms with Crippen molar-refractivity contribution in [1.29, 1.82) is 0 Å². The van der Waals surface area contributed by atoms with E-state index in [4.69, 9.17) is 17.3 Å². The van der Waals surface area contributed by atoms with Crippen molar-refractivity contribution in [2.75, 3.05) is 34.8 Å². The third-order valence-electron chi connectivity index (χ3n) is 11.6. The summed E-state index contributed by atoms with van der Waals surface area (Å²) in [6.45, 7) is 12.9. The van der Waals surface area contributed by atoms with Gasteiger partial charge in [-0.25, -0.2) is 9.97 Å². The lowest BCUT2D eigenvalue weighted by Gasteiger charge is -2.12. The van der Waals surface area contributed by atoms with Crippen LogP contribution in [0, 0.1) is 37.5 Å². The van der Waals surface area contributed by atoms with E-state index in [1.807, 2.05) is 41.5 Å². The van der Waals surface area contributed by atoms with Gasteiger partial charge in [-0.15, -0.1) is 0 Å². The fraction of sp³-hybridized carbons (Fsp3) is 0.462. The first-order valence-electron chi connectivity index (χ1n) is 23.5. The monoisotopic (exact) mass is 937 g/mol. The Morgan fingerprint density at radius 3 is 1.42 bits per heavy atom. The zero-order chi connectivity index (χ0) is 48.9. The predicted octanol–water partition coefficient (Wildman–Crippen LogP) is 10.3. The number of rotatable bonds is 17. The highest BCUT2D eigenvalue weighted by Crippen LogP contribution is 2.28. The van der Waals surface area contributed by atoms with Crippen LogP contribution in [0.3, 0.4) is 0 Å². The SMILES string of the molecule is CC(C)CC(=O)Cl.Cc1ccc(C(=O)NCCC2CCCC2)cc1C(=O)Nc1ccc(N)nc1.Cc1ccc(C(=O)NCCC2CCCC2)cc1C(=O)Nc1ccc(NC(=O)CC(C)C)nc1. The molecule has 15 heteroatoms. The summed E-state index contributed by atoms with van der Waals surface area (Å²) < 4.78 is 0. The highest BCUT2D eigenvalue weighted by Gasteiger charge is 2.19. The minimum atomic E-state index is -0.313. The van der Waals surface area contributed by atoms with Gasteiger partial charge in [0.15, 0.2) is 0 Å². The molecule has 67 heavy (non-hydrogen) atoms. The van der Waals surface area contributed by atoms with Crippen molar-refractivity contribution in [3.63, 3.8) is 0 Å². The van der Waals surface area contributed by atoms with Gasteiger partial charge >= 0.3 is 0 Å². The second-order valence-corrected chi connectivity index (χ2v) is 18.8. The van der Waals surface area contributed by atoms with Crippen LogP contribution in [0.15, 0.2) is 73.1 Å². The molecule has 0 atom stereocenters. The average molecular weight is 938 g/mol. The number of benzene rings is 2. The summed E-state index contributed by atoms with van der Waals surface area (Å²) in [6.07, 6.45) is 16.2. The maximum Gasteiger partial charge on any atom is 0.255 e. The zero-order valence-corrected chi connectivity index (χ0v) is 40.7. The number of carbonyl (C=O) groups is 6. The highest BCUT2D eigenvalue weighted by atomic mass is 35.5. The second-order valence-electron chi connectivity index (χ2n) is 18.4.